The van der Waals surface area contributed by atoms with E-state index in [1.54, 1.807) is 0 Å². The van der Waals surface area contributed by atoms with Gasteiger partial charge in [-0.05, 0) is 42.4 Å². The van der Waals surface area contributed by atoms with Gasteiger partial charge in [-0.2, -0.15) is 13.2 Å². The van der Waals surface area contributed by atoms with Crippen molar-refractivity contribution in [1.82, 2.24) is 4.90 Å². The van der Waals surface area contributed by atoms with E-state index in [9.17, 15) is 22.8 Å². The molecule has 2 rings (SSSR count). The number of alkyl halides is 3. The Balaban J connectivity index is 2.12. The number of likely N-dealkylation sites (tertiary alicyclic amines) is 1. The molecule has 2 unspecified atom stereocenters. The van der Waals surface area contributed by atoms with Gasteiger partial charge < -0.3 is 14.7 Å². The third kappa shape index (κ3) is 4.88. The molecule has 1 saturated heterocycles. The van der Waals surface area contributed by atoms with Crippen LogP contribution in [0.4, 0.5) is 13.2 Å². The maximum atomic E-state index is 12.5. The Labute approximate surface area is 140 Å². The van der Waals surface area contributed by atoms with Crippen molar-refractivity contribution in [3.63, 3.8) is 0 Å². The van der Waals surface area contributed by atoms with Crippen molar-refractivity contribution in [3.8, 4) is 0 Å². The Bertz CT molecular complexity index is 606. The van der Waals surface area contributed by atoms with Crippen molar-refractivity contribution in [1.29, 1.82) is 0 Å². The van der Waals surface area contributed by atoms with E-state index in [-0.39, 0.29) is 41.3 Å². The number of carboxylic acids is 1. The molecule has 9 heteroatoms. The first-order valence-electron chi connectivity index (χ1n) is 7.11. The number of hydrogen-bond acceptors (Lipinski definition) is 4. The average Bonchev–Trinajstić information content (AvgIpc) is 2.88. The molecular weight excluding hydrogens is 347 g/mol. The van der Waals surface area contributed by atoms with Crippen LogP contribution >= 0.6 is 11.8 Å². The van der Waals surface area contributed by atoms with Crippen molar-refractivity contribution in [2.24, 2.45) is 0 Å². The zero-order chi connectivity index (χ0) is 17.9. The van der Waals surface area contributed by atoms with Gasteiger partial charge >= 0.3 is 11.5 Å². The number of halogens is 3. The van der Waals surface area contributed by atoms with Crippen LogP contribution in [0, 0.1) is 0 Å². The lowest BCUT2D eigenvalue weighted by molar-refractivity contribution is -0.138. The molecule has 0 radical (unpaired) electrons. The van der Waals surface area contributed by atoms with Gasteiger partial charge in [-0.1, -0.05) is 0 Å². The summed E-state index contributed by atoms with van der Waals surface area (Å²) in [6.07, 6.45) is -0.0391. The highest BCUT2D eigenvalue weighted by Crippen LogP contribution is 2.37. The molecular formula is C15H16F3NO4S. The Morgan fingerprint density at radius 2 is 1.96 bits per heavy atom. The summed E-state index contributed by atoms with van der Waals surface area (Å²) >= 11 is -0.256. The van der Waals surface area contributed by atoms with Crippen LogP contribution in [-0.2, 0) is 9.53 Å². The van der Waals surface area contributed by atoms with Crippen molar-refractivity contribution >= 4 is 23.6 Å². The highest BCUT2D eigenvalue weighted by Gasteiger charge is 2.37. The second kappa shape index (κ2) is 7.43. The molecule has 1 aliphatic rings. The fourth-order valence-electron chi connectivity index (χ4n) is 2.65. The van der Waals surface area contributed by atoms with E-state index in [0.717, 1.165) is 0 Å². The number of nitrogens with zero attached hydrogens (tertiary/aromatic N) is 1. The summed E-state index contributed by atoms with van der Waals surface area (Å²) in [5.41, 5.74) is -4.17. The molecule has 1 fully saturated rings. The minimum atomic E-state index is -4.39. The summed E-state index contributed by atoms with van der Waals surface area (Å²) in [6.45, 7) is 0.256. The molecule has 5 nitrogen and oxygen atoms in total. The summed E-state index contributed by atoms with van der Waals surface area (Å²) in [7, 11) is 1.49. The number of carboxylic acid groups (broad SMARTS) is 1. The van der Waals surface area contributed by atoms with E-state index >= 15 is 0 Å². The van der Waals surface area contributed by atoms with Crippen LogP contribution in [0.2, 0.25) is 0 Å². The Hall–Kier alpha value is -1.74. The van der Waals surface area contributed by atoms with Crippen molar-refractivity contribution in [2.45, 2.75) is 35.4 Å². The van der Waals surface area contributed by atoms with E-state index in [4.69, 9.17) is 9.84 Å². The van der Waals surface area contributed by atoms with Gasteiger partial charge in [-0.25, -0.2) is 0 Å². The summed E-state index contributed by atoms with van der Waals surface area (Å²) in [5.74, 6) is -1.43. The van der Waals surface area contributed by atoms with Crippen molar-refractivity contribution in [2.75, 3.05) is 13.7 Å². The largest absolute Gasteiger partial charge is 0.481 e. The predicted molar refractivity (Wildman–Crippen MR) is 80.8 cm³/mol. The Morgan fingerprint density at radius 3 is 2.46 bits per heavy atom. The molecule has 1 heterocycles. The topological polar surface area (TPSA) is 66.8 Å². The first-order valence-corrected chi connectivity index (χ1v) is 7.92. The monoisotopic (exact) mass is 363 g/mol. The van der Waals surface area contributed by atoms with Crippen LogP contribution in [0.5, 0.6) is 0 Å². The number of methoxy groups -OCH3 is 1. The molecule has 0 aliphatic carbocycles. The van der Waals surface area contributed by atoms with Gasteiger partial charge in [-0.15, -0.1) is 0 Å². The summed E-state index contributed by atoms with van der Waals surface area (Å²) < 4.78 is 42.2. The number of benzene rings is 1. The zero-order valence-electron chi connectivity index (χ0n) is 12.7. The van der Waals surface area contributed by atoms with Crippen LogP contribution in [0.1, 0.15) is 23.2 Å². The first kappa shape index (κ1) is 18.6. The molecule has 0 aromatic heterocycles. The maximum absolute atomic E-state index is 12.5. The molecule has 0 spiro atoms. The van der Waals surface area contributed by atoms with Gasteiger partial charge in [-0.3, -0.25) is 9.59 Å². The molecule has 24 heavy (non-hydrogen) atoms. The highest BCUT2D eigenvalue weighted by molar-refractivity contribution is 8.00. The van der Waals surface area contributed by atoms with Gasteiger partial charge in [0.1, 0.15) is 0 Å². The number of ether oxygens (including phenoxy) is 1. The Kier molecular flexibility index (Phi) is 5.76. The third-order valence-electron chi connectivity index (χ3n) is 3.72. The molecule has 0 bridgehead atoms. The number of amides is 1. The van der Waals surface area contributed by atoms with Crippen LogP contribution in [0.25, 0.3) is 0 Å². The highest BCUT2D eigenvalue weighted by atomic mass is 32.2. The van der Waals surface area contributed by atoms with Gasteiger partial charge in [0.05, 0.1) is 12.5 Å². The van der Waals surface area contributed by atoms with Crippen LogP contribution in [-0.4, -0.2) is 53.2 Å². The zero-order valence-corrected chi connectivity index (χ0v) is 13.6. The van der Waals surface area contributed by atoms with Gasteiger partial charge in [0.25, 0.3) is 5.91 Å². The van der Waals surface area contributed by atoms with Crippen LogP contribution in [0.3, 0.4) is 0 Å². The van der Waals surface area contributed by atoms with E-state index in [2.05, 4.69) is 0 Å². The van der Waals surface area contributed by atoms with E-state index in [1.807, 2.05) is 0 Å². The van der Waals surface area contributed by atoms with E-state index in [0.29, 0.717) is 6.42 Å². The lowest BCUT2D eigenvalue weighted by atomic mass is 10.1. The molecule has 2 atom stereocenters. The second-order valence-corrected chi connectivity index (χ2v) is 6.51. The van der Waals surface area contributed by atoms with Crippen molar-refractivity contribution in [3.05, 3.63) is 29.8 Å². The standard InChI is InChI=1S/C15H16F3NO4S/c1-23-11-6-10(7-13(20)21)19(8-11)14(22)9-2-4-12(5-3-9)24-15(16,17)18/h2-5,10-11H,6-8H2,1H3,(H,20,21). The first-order chi connectivity index (χ1) is 11.2. The number of carbonyl (C=O) groups excluding carboxylic acids is 1. The lowest BCUT2D eigenvalue weighted by Gasteiger charge is -2.23. The number of aliphatic carboxylic acids is 1. The summed E-state index contributed by atoms with van der Waals surface area (Å²) in [6, 6.07) is 4.58. The molecule has 1 N–H and O–H groups in total. The number of rotatable bonds is 5. The molecule has 0 saturated carbocycles. The third-order valence-corrected chi connectivity index (χ3v) is 4.45. The van der Waals surface area contributed by atoms with Crippen LogP contribution in [0.15, 0.2) is 29.2 Å². The summed E-state index contributed by atoms with van der Waals surface area (Å²) in [4.78, 5) is 24.9. The normalized spacial score (nSPS) is 21.1. The van der Waals surface area contributed by atoms with Gasteiger partial charge in [0.2, 0.25) is 0 Å². The molecule has 1 aliphatic heterocycles. The Morgan fingerprint density at radius 1 is 1.33 bits per heavy atom. The fraction of sp³-hybridized carbons (Fsp3) is 0.467. The van der Waals surface area contributed by atoms with Crippen molar-refractivity contribution < 1.29 is 32.6 Å². The summed E-state index contributed by atoms with van der Waals surface area (Å²) in [5, 5.41) is 8.96. The minimum Gasteiger partial charge on any atom is -0.481 e. The quantitative estimate of drug-likeness (QED) is 0.815. The van der Waals surface area contributed by atoms with Gasteiger partial charge in [0, 0.05) is 30.2 Å². The average molecular weight is 363 g/mol. The number of hydrogen-bond donors (Lipinski definition) is 1. The minimum absolute atomic E-state index is 0.0164. The molecule has 1 amide bonds. The molecule has 1 aromatic rings. The second-order valence-electron chi connectivity index (χ2n) is 5.37. The maximum Gasteiger partial charge on any atom is 0.446 e. The van der Waals surface area contributed by atoms with E-state index in [1.165, 1.54) is 36.3 Å². The number of thioether (sulfide) groups is 1. The smallest absolute Gasteiger partial charge is 0.446 e. The lowest BCUT2D eigenvalue weighted by Crippen LogP contribution is -2.37. The van der Waals surface area contributed by atoms with Crippen LogP contribution < -0.4 is 0 Å². The fourth-order valence-corrected chi connectivity index (χ4v) is 3.19. The number of carbonyl (C=O) groups is 2. The van der Waals surface area contributed by atoms with Gasteiger partial charge in [0.15, 0.2) is 0 Å². The predicted octanol–water partition coefficient (Wildman–Crippen LogP) is 3.00. The van der Waals surface area contributed by atoms with E-state index < -0.39 is 23.4 Å². The molecule has 1 aromatic carbocycles. The SMILES string of the molecule is COC1CC(CC(=O)O)N(C(=O)c2ccc(SC(F)(F)F)cc2)C1. The molecule has 132 valence electrons.